The van der Waals surface area contributed by atoms with Gasteiger partial charge in [0.25, 0.3) is 5.91 Å². The van der Waals surface area contributed by atoms with Crippen molar-refractivity contribution in [2.24, 2.45) is 0 Å². The maximum Gasteiger partial charge on any atom is 0.255 e. The monoisotopic (exact) mass is 333 g/mol. The molecule has 0 bridgehead atoms. The van der Waals surface area contributed by atoms with Gasteiger partial charge in [0, 0.05) is 15.7 Å². The second-order valence-corrected chi connectivity index (χ2v) is 5.57. The molecule has 0 aliphatic rings. The van der Waals surface area contributed by atoms with Gasteiger partial charge >= 0.3 is 0 Å². The van der Waals surface area contributed by atoms with Crippen molar-refractivity contribution in [3.63, 3.8) is 0 Å². The Balaban J connectivity index is 2.23. The summed E-state index contributed by atoms with van der Waals surface area (Å²) in [5.74, 6) is 0.559. The number of hydrogen-bond acceptors (Lipinski definition) is 2. The zero-order valence-electron chi connectivity index (χ0n) is 11.7. The van der Waals surface area contributed by atoms with Crippen LogP contribution in [0.5, 0.6) is 5.75 Å². The Morgan fingerprint density at radius 3 is 2.55 bits per heavy atom. The molecule has 1 amide bonds. The molecule has 20 heavy (non-hydrogen) atoms. The van der Waals surface area contributed by atoms with Gasteiger partial charge in [-0.3, -0.25) is 4.79 Å². The highest BCUT2D eigenvalue weighted by Crippen LogP contribution is 2.22. The van der Waals surface area contributed by atoms with Crippen molar-refractivity contribution in [3.8, 4) is 5.75 Å². The van der Waals surface area contributed by atoms with Crippen LogP contribution in [0.25, 0.3) is 0 Å². The first-order valence-corrected chi connectivity index (χ1v) is 7.02. The molecular weight excluding hydrogens is 318 g/mol. The molecule has 0 saturated heterocycles. The molecule has 0 atom stereocenters. The highest BCUT2D eigenvalue weighted by molar-refractivity contribution is 9.10. The number of benzene rings is 2. The fourth-order valence-corrected chi connectivity index (χ4v) is 2.58. The lowest BCUT2D eigenvalue weighted by Gasteiger charge is -2.09. The Hall–Kier alpha value is -1.81. The van der Waals surface area contributed by atoms with Gasteiger partial charge in [-0.05, 0) is 55.3 Å². The molecule has 2 rings (SSSR count). The first-order chi connectivity index (χ1) is 9.49. The predicted octanol–water partition coefficient (Wildman–Crippen LogP) is 4.33. The third kappa shape index (κ3) is 3.39. The molecule has 0 aromatic heterocycles. The first kappa shape index (κ1) is 14.6. The Kier molecular flexibility index (Phi) is 4.45. The summed E-state index contributed by atoms with van der Waals surface area (Å²) in [5, 5.41) is 2.89. The van der Waals surface area contributed by atoms with Gasteiger partial charge in [0.15, 0.2) is 0 Å². The molecule has 0 heterocycles. The number of rotatable bonds is 3. The number of halogens is 1. The molecular formula is C16H16BrNO2. The van der Waals surface area contributed by atoms with Crippen LogP contribution in [0.15, 0.2) is 40.9 Å². The minimum atomic E-state index is -0.152. The summed E-state index contributed by atoms with van der Waals surface area (Å²) >= 11 is 3.42. The van der Waals surface area contributed by atoms with Crippen molar-refractivity contribution < 1.29 is 9.53 Å². The summed E-state index contributed by atoms with van der Waals surface area (Å²) in [6, 6.07) is 11.2. The standard InChI is InChI=1S/C16H16BrNO2/c1-10-6-13(17)9-14(7-10)18-16(19)12-5-4-11(2)15(8-12)20-3/h4-9H,1-3H3,(H,18,19). The number of hydrogen-bond donors (Lipinski definition) is 1. The third-order valence-electron chi connectivity index (χ3n) is 2.97. The third-order valence-corrected chi connectivity index (χ3v) is 3.43. The van der Waals surface area contributed by atoms with E-state index >= 15 is 0 Å². The van der Waals surface area contributed by atoms with Crippen molar-refractivity contribution in [1.82, 2.24) is 0 Å². The lowest BCUT2D eigenvalue weighted by Crippen LogP contribution is -2.12. The zero-order valence-corrected chi connectivity index (χ0v) is 13.2. The van der Waals surface area contributed by atoms with E-state index in [1.807, 2.05) is 38.1 Å². The lowest BCUT2D eigenvalue weighted by atomic mass is 10.1. The van der Waals surface area contributed by atoms with Crippen molar-refractivity contribution in [2.75, 3.05) is 12.4 Å². The summed E-state index contributed by atoms with van der Waals surface area (Å²) < 4.78 is 6.18. The van der Waals surface area contributed by atoms with E-state index in [1.165, 1.54) is 0 Å². The Bertz CT molecular complexity index is 633. The van der Waals surface area contributed by atoms with E-state index in [0.29, 0.717) is 11.3 Å². The average molecular weight is 334 g/mol. The van der Waals surface area contributed by atoms with Crippen LogP contribution in [0, 0.1) is 13.8 Å². The largest absolute Gasteiger partial charge is 0.496 e. The van der Waals surface area contributed by atoms with E-state index in [-0.39, 0.29) is 5.91 Å². The molecule has 0 radical (unpaired) electrons. The van der Waals surface area contributed by atoms with Crippen LogP contribution in [0.1, 0.15) is 21.5 Å². The summed E-state index contributed by atoms with van der Waals surface area (Å²) in [6.07, 6.45) is 0. The van der Waals surface area contributed by atoms with Gasteiger partial charge in [-0.1, -0.05) is 22.0 Å². The highest BCUT2D eigenvalue weighted by atomic mass is 79.9. The maximum absolute atomic E-state index is 12.2. The van der Waals surface area contributed by atoms with Crippen LogP contribution >= 0.6 is 15.9 Å². The number of aryl methyl sites for hydroxylation is 2. The maximum atomic E-state index is 12.2. The number of methoxy groups -OCH3 is 1. The number of anilines is 1. The average Bonchev–Trinajstić information content (AvgIpc) is 2.37. The van der Waals surface area contributed by atoms with E-state index < -0.39 is 0 Å². The molecule has 0 spiro atoms. The van der Waals surface area contributed by atoms with Crippen LogP contribution in [0.4, 0.5) is 5.69 Å². The van der Waals surface area contributed by atoms with E-state index in [4.69, 9.17) is 4.74 Å². The van der Waals surface area contributed by atoms with E-state index in [1.54, 1.807) is 19.2 Å². The Morgan fingerprint density at radius 1 is 1.15 bits per heavy atom. The van der Waals surface area contributed by atoms with Gasteiger partial charge in [0.05, 0.1) is 7.11 Å². The summed E-state index contributed by atoms with van der Waals surface area (Å²) in [6.45, 7) is 3.92. The van der Waals surface area contributed by atoms with E-state index in [9.17, 15) is 4.79 Å². The number of carbonyl (C=O) groups excluding carboxylic acids is 1. The summed E-state index contributed by atoms with van der Waals surface area (Å²) in [4.78, 5) is 12.2. The normalized spacial score (nSPS) is 10.2. The van der Waals surface area contributed by atoms with Crippen molar-refractivity contribution in [3.05, 3.63) is 57.6 Å². The Morgan fingerprint density at radius 2 is 1.90 bits per heavy atom. The van der Waals surface area contributed by atoms with Crippen molar-refractivity contribution in [1.29, 1.82) is 0 Å². The minimum absolute atomic E-state index is 0.152. The molecule has 104 valence electrons. The quantitative estimate of drug-likeness (QED) is 0.907. The molecule has 4 heteroatoms. The number of amides is 1. The molecule has 0 aliphatic heterocycles. The molecule has 2 aromatic rings. The van der Waals surface area contributed by atoms with E-state index in [2.05, 4.69) is 21.2 Å². The van der Waals surface area contributed by atoms with Crippen LogP contribution in [-0.2, 0) is 0 Å². The minimum Gasteiger partial charge on any atom is -0.496 e. The SMILES string of the molecule is COc1cc(C(=O)Nc2cc(C)cc(Br)c2)ccc1C. The van der Waals surface area contributed by atoms with Gasteiger partial charge < -0.3 is 10.1 Å². The number of nitrogens with one attached hydrogen (secondary N) is 1. The molecule has 0 unspecified atom stereocenters. The summed E-state index contributed by atoms with van der Waals surface area (Å²) in [7, 11) is 1.60. The van der Waals surface area contributed by atoms with Crippen LogP contribution in [0.3, 0.4) is 0 Å². The number of ether oxygens (including phenoxy) is 1. The van der Waals surface area contributed by atoms with Gasteiger partial charge in [0.1, 0.15) is 5.75 Å². The topological polar surface area (TPSA) is 38.3 Å². The fraction of sp³-hybridized carbons (Fsp3) is 0.188. The zero-order chi connectivity index (χ0) is 14.7. The van der Waals surface area contributed by atoms with Crippen LogP contribution in [0.2, 0.25) is 0 Å². The first-order valence-electron chi connectivity index (χ1n) is 6.23. The van der Waals surface area contributed by atoms with E-state index in [0.717, 1.165) is 21.3 Å². The smallest absolute Gasteiger partial charge is 0.255 e. The molecule has 2 aromatic carbocycles. The second kappa shape index (κ2) is 6.09. The molecule has 3 nitrogen and oxygen atoms in total. The molecule has 0 fully saturated rings. The van der Waals surface area contributed by atoms with Gasteiger partial charge in [-0.15, -0.1) is 0 Å². The van der Waals surface area contributed by atoms with Crippen molar-refractivity contribution in [2.45, 2.75) is 13.8 Å². The van der Waals surface area contributed by atoms with Gasteiger partial charge in [-0.25, -0.2) is 0 Å². The predicted molar refractivity (Wildman–Crippen MR) is 84.6 cm³/mol. The second-order valence-electron chi connectivity index (χ2n) is 4.66. The highest BCUT2D eigenvalue weighted by Gasteiger charge is 2.09. The Labute approximate surface area is 127 Å². The van der Waals surface area contributed by atoms with Gasteiger partial charge in [-0.2, -0.15) is 0 Å². The molecule has 0 aliphatic carbocycles. The van der Waals surface area contributed by atoms with Crippen LogP contribution < -0.4 is 10.1 Å². The lowest BCUT2D eigenvalue weighted by molar-refractivity contribution is 0.102. The number of carbonyl (C=O) groups is 1. The summed E-state index contributed by atoms with van der Waals surface area (Å²) in [5.41, 5.74) is 3.42. The van der Waals surface area contributed by atoms with Gasteiger partial charge in [0.2, 0.25) is 0 Å². The fourth-order valence-electron chi connectivity index (χ4n) is 1.97. The molecule has 1 N–H and O–H groups in total. The van der Waals surface area contributed by atoms with Crippen molar-refractivity contribution >= 4 is 27.5 Å². The van der Waals surface area contributed by atoms with Crippen LogP contribution in [-0.4, -0.2) is 13.0 Å². The molecule has 0 saturated carbocycles.